The molecule has 0 aliphatic heterocycles. The molecule has 0 saturated heterocycles. The van der Waals surface area contributed by atoms with Crippen molar-refractivity contribution in [3.05, 3.63) is 36.4 Å². The number of aromatic nitrogens is 5. The van der Waals surface area contributed by atoms with Crippen molar-refractivity contribution in [2.24, 2.45) is 0 Å². The molecule has 0 spiro atoms. The molecule has 0 aromatic carbocycles. The standard InChI is InChI=1S/C8H7N5O/c14-5-8(13-6-10-11-12-13)7-2-1-3-9-4-7/h1-6,8H. The second kappa shape index (κ2) is 3.73. The van der Waals surface area contributed by atoms with Crippen molar-refractivity contribution in [2.45, 2.75) is 6.04 Å². The number of tetrazole rings is 1. The second-order valence-electron chi connectivity index (χ2n) is 2.66. The largest absolute Gasteiger partial charge is 0.301 e. The van der Waals surface area contributed by atoms with Crippen LogP contribution in [-0.2, 0) is 4.79 Å². The summed E-state index contributed by atoms with van der Waals surface area (Å²) in [5.74, 6) is 0. The zero-order valence-electron chi connectivity index (χ0n) is 7.19. The minimum Gasteiger partial charge on any atom is -0.301 e. The average molecular weight is 189 g/mol. The fraction of sp³-hybridized carbons (Fsp3) is 0.125. The molecule has 6 heteroatoms. The molecule has 14 heavy (non-hydrogen) atoms. The van der Waals surface area contributed by atoms with Crippen molar-refractivity contribution >= 4 is 6.29 Å². The minimum atomic E-state index is -0.501. The number of nitrogens with zero attached hydrogens (tertiary/aromatic N) is 5. The van der Waals surface area contributed by atoms with E-state index in [0.717, 1.165) is 11.8 Å². The van der Waals surface area contributed by atoms with Gasteiger partial charge in [-0.3, -0.25) is 4.98 Å². The summed E-state index contributed by atoms with van der Waals surface area (Å²) >= 11 is 0. The number of pyridine rings is 1. The molecule has 6 nitrogen and oxygen atoms in total. The number of aldehydes is 1. The highest BCUT2D eigenvalue weighted by Crippen LogP contribution is 2.11. The molecule has 2 heterocycles. The van der Waals surface area contributed by atoms with Crippen molar-refractivity contribution in [1.29, 1.82) is 0 Å². The first-order valence-corrected chi connectivity index (χ1v) is 3.99. The van der Waals surface area contributed by atoms with Gasteiger partial charge in [0.2, 0.25) is 0 Å². The summed E-state index contributed by atoms with van der Waals surface area (Å²) < 4.78 is 1.38. The molecule has 0 saturated carbocycles. The van der Waals surface area contributed by atoms with Crippen LogP contribution in [0.3, 0.4) is 0 Å². The van der Waals surface area contributed by atoms with Crippen LogP contribution in [0.25, 0.3) is 0 Å². The molecule has 1 unspecified atom stereocenters. The summed E-state index contributed by atoms with van der Waals surface area (Å²) in [6.07, 6.45) is 5.42. The monoisotopic (exact) mass is 189 g/mol. The zero-order chi connectivity index (χ0) is 9.80. The molecule has 0 aliphatic rings. The maximum Gasteiger partial charge on any atom is 0.149 e. The molecule has 0 radical (unpaired) electrons. The molecule has 2 aromatic rings. The fourth-order valence-electron chi connectivity index (χ4n) is 1.14. The summed E-state index contributed by atoms with van der Waals surface area (Å²) in [5.41, 5.74) is 0.759. The summed E-state index contributed by atoms with van der Waals surface area (Å²) in [6, 6.07) is 3.06. The lowest BCUT2D eigenvalue weighted by molar-refractivity contribution is -0.109. The molecular weight excluding hydrogens is 182 g/mol. The molecule has 70 valence electrons. The molecular formula is C8H7N5O. The Morgan fingerprint density at radius 3 is 3.00 bits per heavy atom. The van der Waals surface area contributed by atoms with Crippen molar-refractivity contribution in [2.75, 3.05) is 0 Å². The van der Waals surface area contributed by atoms with Crippen LogP contribution in [0.2, 0.25) is 0 Å². The van der Waals surface area contributed by atoms with Crippen LogP contribution in [0.15, 0.2) is 30.9 Å². The Morgan fingerprint density at radius 1 is 1.50 bits per heavy atom. The Balaban J connectivity index is 2.36. The molecule has 1 atom stereocenters. The van der Waals surface area contributed by atoms with Gasteiger partial charge in [-0.1, -0.05) is 6.07 Å². The predicted octanol–water partition coefficient (Wildman–Crippen LogP) is -0.144. The fourth-order valence-corrected chi connectivity index (χ4v) is 1.14. The summed E-state index contributed by atoms with van der Waals surface area (Å²) in [5, 5.41) is 10.6. The van der Waals surface area contributed by atoms with Gasteiger partial charge in [-0.2, -0.15) is 0 Å². The van der Waals surface area contributed by atoms with E-state index in [4.69, 9.17) is 0 Å². The first kappa shape index (κ1) is 8.49. The molecule has 0 amide bonds. The molecule has 2 rings (SSSR count). The maximum absolute atomic E-state index is 10.9. The van der Waals surface area contributed by atoms with Gasteiger partial charge in [-0.05, 0) is 16.5 Å². The van der Waals surface area contributed by atoms with Crippen LogP contribution in [0.5, 0.6) is 0 Å². The van der Waals surface area contributed by atoms with Crippen LogP contribution in [-0.4, -0.2) is 31.5 Å². The Labute approximate surface area is 79.6 Å². The first-order chi connectivity index (χ1) is 6.92. The lowest BCUT2D eigenvalue weighted by atomic mass is 10.1. The molecule has 0 N–H and O–H groups in total. The summed E-state index contributed by atoms with van der Waals surface area (Å²) in [7, 11) is 0. The van der Waals surface area contributed by atoms with E-state index in [1.165, 1.54) is 11.0 Å². The van der Waals surface area contributed by atoms with Gasteiger partial charge < -0.3 is 4.79 Å². The van der Waals surface area contributed by atoms with Crippen LogP contribution >= 0.6 is 0 Å². The van der Waals surface area contributed by atoms with Crippen molar-refractivity contribution in [3.8, 4) is 0 Å². The third kappa shape index (κ3) is 1.49. The highest BCUT2D eigenvalue weighted by molar-refractivity contribution is 5.61. The van der Waals surface area contributed by atoms with E-state index in [0.29, 0.717) is 0 Å². The van der Waals surface area contributed by atoms with Gasteiger partial charge in [-0.25, -0.2) is 4.68 Å². The third-order valence-corrected chi connectivity index (χ3v) is 1.80. The average Bonchev–Trinajstić information content (AvgIpc) is 2.74. The first-order valence-electron chi connectivity index (χ1n) is 3.99. The quantitative estimate of drug-likeness (QED) is 0.628. The predicted molar refractivity (Wildman–Crippen MR) is 46.3 cm³/mol. The SMILES string of the molecule is O=CC(c1cccnc1)n1cnnn1. The molecule has 0 aliphatic carbocycles. The zero-order valence-corrected chi connectivity index (χ0v) is 7.19. The van der Waals surface area contributed by atoms with Gasteiger partial charge in [0.1, 0.15) is 18.7 Å². The van der Waals surface area contributed by atoms with E-state index in [-0.39, 0.29) is 0 Å². The normalized spacial score (nSPS) is 12.3. The van der Waals surface area contributed by atoms with Crippen LogP contribution < -0.4 is 0 Å². The number of hydrogen-bond donors (Lipinski definition) is 0. The van der Waals surface area contributed by atoms with Crippen LogP contribution in [0.1, 0.15) is 11.6 Å². The van der Waals surface area contributed by atoms with E-state index in [2.05, 4.69) is 20.5 Å². The number of rotatable bonds is 3. The Morgan fingerprint density at radius 2 is 2.43 bits per heavy atom. The van der Waals surface area contributed by atoms with Gasteiger partial charge in [0.25, 0.3) is 0 Å². The smallest absolute Gasteiger partial charge is 0.149 e. The third-order valence-electron chi connectivity index (χ3n) is 1.80. The summed E-state index contributed by atoms with van der Waals surface area (Å²) in [4.78, 5) is 14.8. The molecule has 0 fully saturated rings. The Bertz CT molecular complexity index is 399. The highest BCUT2D eigenvalue weighted by atomic mass is 16.1. The lowest BCUT2D eigenvalue weighted by Crippen LogP contribution is -2.12. The van der Waals surface area contributed by atoms with E-state index in [1.807, 2.05) is 0 Å². The maximum atomic E-state index is 10.9. The van der Waals surface area contributed by atoms with Gasteiger partial charge >= 0.3 is 0 Å². The van der Waals surface area contributed by atoms with Gasteiger partial charge in [0, 0.05) is 18.0 Å². The number of carbonyl (C=O) groups excluding carboxylic acids is 1. The van der Waals surface area contributed by atoms with Crippen molar-refractivity contribution in [1.82, 2.24) is 25.2 Å². The van der Waals surface area contributed by atoms with Gasteiger partial charge in [-0.15, -0.1) is 5.10 Å². The summed E-state index contributed by atoms with van der Waals surface area (Å²) in [6.45, 7) is 0. The van der Waals surface area contributed by atoms with E-state index >= 15 is 0 Å². The molecule has 0 bridgehead atoms. The van der Waals surface area contributed by atoms with E-state index in [1.54, 1.807) is 24.5 Å². The Kier molecular flexibility index (Phi) is 2.26. The highest BCUT2D eigenvalue weighted by Gasteiger charge is 2.13. The minimum absolute atomic E-state index is 0.501. The van der Waals surface area contributed by atoms with Crippen molar-refractivity contribution < 1.29 is 4.79 Å². The van der Waals surface area contributed by atoms with Crippen LogP contribution in [0, 0.1) is 0 Å². The number of carbonyl (C=O) groups is 1. The van der Waals surface area contributed by atoms with Crippen molar-refractivity contribution in [3.63, 3.8) is 0 Å². The topological polar surface area (TPSA) is 73.6 Å². The number of hydrogen-bond acceptors (Lipinski definition) is 5. The Hall–Kier alpha value is -2.11. The molecule has 2 aromatic heterocycles. The van der Waals surface area contributed by atoms with Gasteiger partial charge in [0.15, 0.2) is 0 Å². The van der Waals surface area contributed by atoms with Crippen LogP contribution in [0.4, 0.5) is 0 Å². The van der Waals surface area contributed by atoms with E-state index in [9.17, 15) is 4.79 Å². The second-order valence-corrected chi connectivity index (χ2v) is 2.66. The van der Waals surface area contributed by atoms with E-state index < -0.39 is 6.04 Å². The van der Waals surface area contributed by atoms with Gasteiger partial charge in [0.05, 0.1) is 0 Å². The lowest BCUT2D eigenvalue weighted by Gasteiger charge is -2.07.